The zero-order valence-corrected chi connectivity index (χ0v) is 14.2. The van der Waals surface area contributed by atoms with Gasteiger partial charge >= 0.3 is 0 Å². The van der Waals surface area contributed by atoms with Gasteiger partial charge in [-0.3, -0.25) is 5.01 Å². The van der Waals surface area contributed by atoms with Gasteiger partial charge in [0.15, 0.2) is 0 Å². The molecule has 0 bridgehead atoms. The Kier molecular flexibility index (Phi) is 4.60. The van der Waals surface area contributed by atoms with Crippen molar-refractivity contribution < 1.29 is 0 Å². The van der Waals surface area contributed by atoms with Gasteiger partial charge in [-0.05, 0) is 29.5 Å². The Hall–Kier alpha value is -2.87. The number of benzene rings is 3. The van der Waals surface area contributed by atoms with Crippen molar-refractivity contribution in [3.8, 4) is 0 Å². The maximum absolute atomic E-state index is 4.92. The summed E-state index contributed by atoms with van der Waals surface area (Å²) in [5, 5.41) is 7.21. The molecule has 1 aliphatic rings. The second kappa shape index (κ2) is 7.35. The average Bonchev–Trinajstić information content (AvgIpc) is 3.12. The van der Waals surface area contributed by atoms with Crippen LogP contribution < -0.4 is 0 Å². The molecule has 1 heterocycles. The van der Waals surface area contributed by atoms with Crippen LogP contribution in [-0.4, -0.2) is 11.2 Å². The van der Waals surface area contributed by atoms with Crippen LogP contribution in [0.5, 0.6) is 0 Å². The first kappa shape index (κ1) is 15.6. The van der Waals surface area contributed by atoms with E-state index in [4.69, 9.17) is 5.10 Å². The highest BCUT2D eigenvalue weighted by atomic mass is 15.5. The standard InChI is InChI=1S/C23H22N2/c1-4-10-19(11-5-1)18-24-25-22(20-12-6-2-7-13-20)16-17-23(25)21-14-8-3-9-15-21/h1-15,18,22-23H,16-17H2/b24-18+/t22-,23-/m0/s1. The van der Waals surface area contributed by atoms with Gasteiger partial charge in [0.25, 0.3) is 0 Å². The third-order valence-electron chi connectivity index (χ3n) is 4.86. The SMILES string of the molecule is C(=N\N1[C@H](c2ccccc2)CC[C@H]1c1ccccc1)/c1ccccc1. The Morgan fingerprint density at radius 1 is 0.640 bits per heavy atom. The highest BCUT2D eigenvalue weighted by Gasteiger charge is 2.34. The summed E-state index contributed by atoms with van der Waals surface area (Å²) in [6.07, 6.45) is 4.22. The Morgan fingerprint density at radius 2 is 1.08 bits per heavy atom. The van der Waals surface area contributed by atoms with Crippen molar-refractivity contribution in [3.05, 3.63) is 108 Å². The predicted molar refractivity (Wildman–Crippen MR) is 103 cm³/mol. The van der Waals surface area contributed by atoms with Crippen LogP contribution in [0, 0.1) is 0 Å². The van der Waals surface area contributed by atoms with Crippen LogP contribution in [0.4, 0.5) is 0 Å². The fraction of sp³-hybridized carbons (Fsp3) is 0.174. The normalized spacial score (nSPS) is 20.2. The Labute approximate surface area is 149 Å². The lowest BCUT2D eigenvalue weighted by molar-refractivity contribution is 0.206. The molecule has 2 nitrogen and oxygen atoms in total. The predicted octanol–water partition coefficient (Wildman–Crippen LogP) is 5.60. The topological polar surface area (TPSA) is 15.6 Å². The molecule has 1 aliphatic heterocycles. The van der Waals surface area contributed by atoms with Crippen molar-refractivity contribution in [2.75, 3.05) is 0 Å². The molecule has 0 aromatic heterocycles. The van der Waals surface area contributed by atoms with Gasteiger partial charge in [-0.1, -0.05) is 91.0 Å². The summed E-state index contributed by atoms with van der Waals surface area (Å²) in [6, 6.07) is 32.4. The van der Waals surface area contributed by atoms with E-state index in [0.29, 0.717) is 12.1 Å². The van der Waals surface area contributed by atoms with Crippen LogP contribution >= 0.6 is 0 Å². The number of hydrogen-bond donors (Lipinski definition) is 0. The Morgan fingerprint density at radius 3 is 1.56 bits per heavy atom. The summed E-state index contributed by atoms with van der Waals surface area (Å²) in [6.45, 7) is 0. The van der Waals surface area contributed by atoms with Gasteiger partial charge in [0, 0.05) is 0 Å². The van der Waals surface area contributed by atoms with E-state index in [-0.39, 0.29) is 0 Å². The number of rotatable bonds is 4. The van der Waals surface area contributed by atoms with Crippen molar-refractivity contribution in [2.24, 2.45) is 5.10 Å². The van der Waals surface area contributed by atoms with Crippen LogP contribution in [0.2, 0.25) is 0 Å². The van der Waals surface area contributed by atoms with Crippen molar-refractivity contribution in [3.63, 3.8) is 0 Å². The second-order valence-electron chi connectivity index (χ2n) is 6.47. The zero-order valence-electron chi connectivity index (χ0n) is 14.2. The van der Waals surface area contributed by atoms with Gasteiger partial charge in [0.05, 0.1) is 18.3 Å². The third kappa shape index (κ3) is 3.48. The summed E-state index contributed by atoms with van der Waals surface area (Å²) in [5.74, 6) is 0. The van der Waals surface area contributed by atoms with Crippen LogP contribution in [0.1, 0.15) is 41.6 Å². The van der Waals surface area contributed by atoms with Crippen LogP contribution in [0.15, 0.2) is 96.1 Å². The van der Waals surface area contributed by atoms with Gasteiger partial charge in [-0.2, -0.15) is 5.10 Å². The van der Waals surface area contributed by atoms with Gasteiger partial charge in [0.1, 0.15) is 0 Å². The molecule has 0 amide bonds. The molecule has 1 fully saturated rings. The molecular weight excluding hydrogens is 304 g/mol. The fourth-order valence-electron chi connectivity index (χ4n) is 3.62. The highest BCUT2D eigenvalue weighted by molar-refractivity contribution is 5.79. The Balaban J connectivity index is 1.67. The minimum Gasteiger partial charge on any atom is -0.282 e. The molecule has 2 heteroatoms. The average molecular weight is 326 g/mol. The summed E-state index contributed by atoms with van der Waals surface area (Å²) in [7, 11) is 0. The van der Waals surface area contributed by atoms with E-state index in [2.05, 4.69) is 89.9 Å². The second-order valence-corrected chi connectivity index (χ2v) is 6.47. The third-order valence-corrected chi connectivity index (χ3v) is 4.86. The molecule has 124 valence electrons. The minimum atomic E-state index is 0.325. The highest BCUT2D eigenvalue weighted by Crippen LogP contribution is 2.44. The summed E-state index contributed by atoms with van der Waals surface area (Å²) >= 11 is 0. The maximum Gasteiger partial charge on any atom is 0.0728 e. The quantitative estimate of drug-likeness (QED) is 0.570. The molecule has 3 aromatic rings. The van der Waals surface area contributed by atoms with Gasteiger partial charge in [-0.25, -0.2) is 0 Å². The molecule has 0 N–H and O–H groups in total. The molecule has 0 aliphatic carbocycles. The number of hydrogen-bond acceptors (Lipinski definition) is 2. The van der Waals surface area contributed by atoms with E-state index >= 15 is 0 Å². The Bertz CT molecular complexity index is 765. The van der Waals surface area contributed by atoms with Crippen LogP contribution in [0.3, 0.4) is 0 Å². The van der Waals surface area contributed by atoms with Crippen LogP contribution in [-0.2, 0) is 0 Å². The summed E-state index contributed by atoms with van der Waals surface area (Å²) in [5.41, 5.74) is 3.81. The van der Waals surface area contributed by atoms with Crippen molar-refractivity contribution in [2.45, 2.75) is 24.9 Å². The molecule has 0 saturated carbocycles. The monoisotopic (exact) mass is 326 g/mol. The van der Waals surface area contributed by atoms with E-state index in [1.807, 2.05) is 12.3 Å². The van der Waals surface area contributed by atoms with Crippen molar-refractivity contribution >= 4 is 6.21 Å². The van der Waals surface area contributed by atoms with Gasteiger partial charge < -0.3 is 0 Å². The number of hydrazone groups is 1. The first-order valence-electron chi connectivity index (χ1n) is 8.89. The van der Waals surface area contributed by atoms with E-state index in [1.165, 1.54) is 11.1 Å². The van der Waals surface area contributed by atoms with E-state index in [1.54, 1.807) is 0 Å². The van der Waals surface area contributed by atoms with E-state index in [9.17, 15) is 0 Å². The van der Waals surface area contributed by atoms with E-state index in [0.717, 1.165) is 18.4 Å². The first-order valence-corrected chi connectivity index (χ1v) is 8.89. The molecule has 25 heavy (non-hydrogen) atoms. The summed E-state index contributed by atoms with van der Waals surface area (Å²) in [4.78, 5) is 0. The fourth-order valence-corrected chi connectivity index (χ4v) is 3.62. The molecule has 1 saturated heterocycles. The lowest BCUT2D eigenvalue weighted by Crippen LogP contribution is -2.21. The lowest BCUT2D eigenvalue weighted by Gasteiger charge is -2.28. The van der Waals surface area contributed by atoms with Crippen molar-refractivity contribution in [1.82, 2.24) is 5.01 Å². The van der Waals surface area contributed by atoms with Crippen molar-refractivity contribution in [1.29, 1.82) is 0 Å². The molecular formula is C23H22N2. The van der Waals surface area contributed by atoms with E-state index < -0.39 is 0 Å². The maximum atomic E-state index is 4.92. The minimum absolute atomic E-state index is 0.325. The smallest absolute Gasteiger partial charge is 0.0728 e. The van der Waals surface area contributed by atoms with Gasteiger partial charge in [0.2, 0.25) is 0 Å². The molecule has 0 radical (unpaired) electrons. The zero-order chi connectivity index (χ0) is 16.9. The largest absolute Gasteiger partial charge is 0.282 e. The molecule has 0 unspecified atom stereocenters. The molecule has 3 aromatic carbocycles. The molecule has 0 spiro atoms. The number of nitrogens with zero attached hydrogens (tertiary/aromatic N) is 2. The van der Waals surface area contributed by atoms with Gasteiger partial charge in [-0.15, -0.1) is 0 Å². The lowest BCUT2D eigenvalue weighted by atomic mass is 10.0. The molecule has 4 rings (SSSR count). The molecule has 2 atom stereocenters. The van der Waals surface area contributed by atoms with Crippen LogP contribution in [0.25, 0.3) is 0 Å². The summed E-state index contributed by atoms with van der Waals surface area (Å²) < 4.78 is 0. The first-order chi connectivity index (χ1) is 12.4.